The van der Waals surface area contributed by atoms with Gasteiger partial charge in [0.15, 0.2) is 0 Å². The van der Waals surface area contributed by atoms with E-state index >= 15 is 0 Å². The van der Waals surface area contributed by atoms with Crippen molar-refractivity contribution in [3.8, 4) is 0 Å². The molecule has 0 radical (unpaired) electrons. The van der Waals surface area contributed by atoms with Gasteiger partial charge in [0, 0.05) is 13.1 Å². The molecule has 0 aliphatic heterocycles. The Bertz CT molecular complexity index is 905. The van der Waals surface area contributed by atoms with E-state index in [1.807, 2.05) is 41.8 Å². The van der Waals surface area contributed by atoms with Crippen molar-refractivity contribution < 1.29 is 14.0 Å². The van der Waals surface area contributed by atoms with E-state index in [1.165, 1.54) is 16.9 Å². The number of carbonyl (C=O) groups is 2. The van der Waals surface area contributed by atoms with Crippen LogP contribution >= 0.6 is 11.3 Å². The zero-order chi connectivity index (χ0) is 21.3. The SMILES string of the molecule is CC(C)CN(CC(=O)N(CCc1ccccc1)Cc1ccco1)C(=O)c1cccs1. The Balaban J connectivity index is 1.72. The summed E-state index contributed by atoms with van der Waals surface area (Å²) in [7, 11) is 0. The van der Waals surface area contributed by atoms with Gasteiger partial charge >= 0.3 is 0 Å². The van der Waals surface area contributed by atoms with Crippen molar-refractivity contribution in [2.45, 2.75) is 26.8 Å². The third-order valence-corrected chi connectivity index (χ3v) is 5.58. The molecule has 0 saturated carbocycles. The highest BCUT2D eigenvalue weighted by Gasteiger charge is 2.24. The molecule has 0 spiro atoms. The van der Waals surface area contributed by atoms with Gasteiger partial charge in [0.2, 0.25) is 5.91 Å². The van der Waals surface area contributed by atoms with Gasteiger partial charge in [-0.2, -0.15) is 0 Å². The van der Waals surface area contributed by atoms with Gasteiger partial charge in [0.1, 0.15) is 12.3 Å². The van der Waals surface area contributed by atoms with Gasteiger partial charge in [-0.1, -0.05) is 50.2 Å². The Morgan fingerprint density at radius 1 is 1.00 bits per heavy atom. The van der Waals surface area contributed by atoms with Crippen molar-refractivity contribution in [3.63, 3.8) is 0 Å². The van der Waals surface area contributed by atoms with Crippen molar-refractivity contribution in [3.05, 3.63) is 82.4 Å². The van der Waals surface area contributed by atoms with Crippen LogP contribution in [0.3, 0.4) is 0 Å². The predicted molar refractivity (Wildman–Crippen MR) is 119 cm³/mol. The van der Waals surface area contributed by atoms with Crippen LogP contribution in [0, 0.1) is 5.92 Å². The second kappa shape index (κ2) is 10.8. The summed E-state index contributed by atoms with van der Waals surface area (Å²) >= 11 is 1.40. The molecule has 0 unspecified atom stereocenters. The minimum Gasteiger partial charge on any atom is -0.467 e. The van der Waals surface area contributed by atoms with E-state index in [9.17, 15) is 9.59 Å². The summed E-state index contributed by atoms with van der Waals surface area (Å²) in [4.78, 5) is 30.3. The predicted octanol–water partition coefficient (Wildman–Crippen LogP) is 4.71. The molecule has 0 atom stereocenters. The molecule has 0 aliphatic rings. The normalized spacial score (nSPS) is 10.9. The molecule has 0 aliphatic carbocycles. The first-order valence-corrected chi connectivity index (χ1v) is 11.1. The smallest absolute Gasteiger partial charge is 0.264 e. The highest BCUT2D eigenvalue weighted by molar-refractivity contribution is 7.12. The number of hydrogen-bond donors (Lipinski definition) is 0. The molecule has 6 heteroatoms. The van der Waals surface area contributed by atoms with Gasteiger partial charge in [-0.25, -0.2) is 0 Å². The number of amides is 2. The summed E-state index contributed by atoms with van der Waals surface area (Å²) in [6.45, 7) is 5.65. The Hall–Kier alpha value is -2.86. The minimum atomic E-state index is -0.0898. The Morgan fingerprint density at radius 2 is 1.80 bits per heavy atom. The van der Waals surface area contributed by atoms with E-state index in [-0.39, 0.29) is 24.3 Å². The van der Waals surface area contributed by atoms with Gasteiger partial charge in [-0.15, -0.1) is 11.3 Å². The average molecular weight is 425 g/mol. The molecule has 0 fully saturated rings. The average Bonchev–Trinajstić information content (AvgIpc) is 3.44. The second-order valence-corrected chi connectivity index (χ2v) is 8.63. The molecule has 0 N–H and O–H groups in total. The molecule has 0 saturated heterocycles. The number of rotatable bonds is 10. The maximum Gasteiger partial charge on any atom is 0.264 e. The van der Waals surface area contributed by atoms with Crippen molar-refractivity contribution in [2.75, 3.05) is 19.6 Å². The van der Waals surface area contributed by atoms with E-state index in [4.69, 9.17) is 4.42 Å². The van der Waals surface area contributed by atoms with Crippen LogP contribution in [-0.2, 0) is 17.8 Å². The highest BCUT2D eigenvalue weighted by atomic mass is 32.1. The van der Waals surface area contributed by atoms with Crippen LogP contribution in [-0.4, -0.2) is 41.2 Å². The standard InChI is InChI=1S/C24H28N2O3S/c1-19(2)16-26(24(28)22-11-7-15-30-22)18-23(27)25(17-21-10-6-14-29-21)13-12-20-8-4-3-5-9-20/h3-11,14-15,19H,12-13,16-18H2,1-2H3. The fourth-order valence-corrected chi connectivity index (χ4v) is 3.96. The third-order valence-electron chi connectivity index (χ3n) is 4.72. The molecule has 30 heavy (non-hydrogen) atoms. The first-order valence-electron chi connectivity index (χ1n) is 10.2. The highest BCUT2D eigenvalue weighted by Crippen LogP contribution is 2.15. The minimum absolute atomic E-state index is 0.0599. The number of nitrogens with zero attached hydrogens (tertiary/aromatic N) is 2. The molecule has 2 amide bonds. The first kappa shape index (κ1) is 21.8. The van der Waals surface area contributed by atoms with Crippen LogP contribution in [0.5, 0.6) is 0 Å². The van der Waals surface area contributed by atoms with Crippen molar-refractivity contribution in [1.82, 2.24) is 9.80 Å². The van der Waals surface area contributed by atoms with E-state index in [1.54, 1.807) is 22.1 Å². The molecule has 2 heterocycles. The Morgan fingerprint density at radius 3 is 2.43 bits per heavy atom. The molecular weight excluding hydrogens is 396 g/mol. The summed E-state index contributed by atoms with van der Waals surface area (Å²) in [5, 5.41) is 1.88. The lowest BCUT2D eigenvalue weighted by atomic mass is 10.1. The summed E-state index contributed by atoms with van der Waals surface area (Å²) in [6.07, 6.45) is 2.36. The van der Waals surface area contributed by atoms with Gasteiger partial charge in [-0.05, 0) is 41.5 Å². The van der Waals surface area contributed by atoms with Gasteiger partial charge in [0.05, 0.1) is 17.7 Å². The van der Waals surface area contributed by atoms with Crippen molar-refractivity contribution >= 4 is 23.2 Å². The van der Waals surface area contributed by atoms with Crippen LogP contribution < -0.4 is 0 Å². The number of hydrogen-bond acceptors (Lipinski definition) is 4. The fourth-order valence-electron chi connectivity index (χ4n) is 3.27. The third kappa shape index (κ3) is 6.32. The van der Waals surface area contributed by atoms with E-state index in [2.05, 4.69) is 26.0 Å². The molecule has 1 aromatic carbocycles. The molecular formula is C24H28N2O3S. The number of carbonyl (C=O) groups excluding carboxylic acids is 2. The fraction of sp³-hybridized carbons (Fsp3) is 0.333. The summed E-state index contributed by atoms with van der Waals surface area (Å²) in [6, 6.07) is 17.4. The quantitative estimate of drug-likeness (QED) is 0.474. The molecule has 2 aromatic heterocycles. The summed E-state index contributed by atoms with van der Waals surface area (Å²) in [5.41, 5.74) is 1.17. The second-order valence-electron chi connectivity index (χ2n) is 7.69. The van der Waals surface area contributed by atoms with Gasteiger partial charge in [-0.3, -0.25) is 9.59 Å². The lowest BCUT2D eigenvalue weighted by molar-refractivity contribution is -0.132. The summed E-state index contributed by atoms with van der Waals surface area (Å²) in [5.74, 6) is 0.835. The molecule has 3 aromatic rings. The maximum atomic E-state index is 13.3. The Kier molecular flexibility index (Phi) is 7.85. The van der Waals surface area contributed by atoms with Gasteiger partial charge in [0.25, 0.3) is 5.91 Å². The molecule has 158 valence electrons. The van der Waals surface area contributed by atoms with Crippen LogP contribution in [0.1, 0.15) is 34.8 Å². The van der Waals surface area contributed by atoms with Crippen LogP contribution in [0.4, 0.5) is 0 Å². The lowest BCUT2D eigenvalue weighted by Gasteiger charge is -2.28. The molecule has 3 rings (SSSR count). The maximum absolute atomic E-state index is 13.3. The lowest BCUT2D eigenvalue weighted by Crippen LogP contribution is -2.44. The van der Waals surface area contributed by atoms with E-state index < -0.39 is 0 Å². The van der Waals surface area contributed by atoms with Crippen LogP contribution in [0.15, 0.2) is 70.7 Å². The van der Waals surface area contributed by atoms with E-state index in [0.29, 0.717) is 24.5 Å². The largest absolute Gasteiger partial charge is 0.467 e. The first-order chi connectivity index (χ1) is 14.5. The molecule has 0 bridgehead atoms. The monoisotopic (exact) mass is 424 g/mol. The number of furan rings is 1. The van der Waals surface area contributed by atoms with Gasteiger partial charge < -0.3 is 14.2 Å². The van der Waals surface area contributed by atoms with Crippen LogP contribution in [0.2, 0.25) is 0 Å². The zero-order valence-corrected chi connectivity index (χ0v) is 18.3. The number of benzene rings is 1. The van der Waals surface area contributed by atoms with Crippen LogP contribution in [0.25, 0.3) is 0 Å². The number of thiophene rings is 1. The van der Waals surface area contributed by atoms with Crippen molar-refractivity contribution in [1.29, 1.82) is 0 Å². The summed E-state index contributed by atoms with van der Waals surface area (Å²) < 4.78 is 5.47. The van der Waals surface area contributed by atoms with Crippen molar-refractivity contribution in [2.24, 2.45) is 5.92 Å². The molecule has 5 nitrogen and oxygen atoms in total. The van der Waals surface area contributed by atoms with E-state index in [0.717, 1.165) is 12.2 Å². The topological polar surface area (TPSA) is 53.8 Å². The Labute approximate surface area is 181 Å². The zero-order valence-electron chi connectivity index (χ0n) is 17.5.